The van der Waals surface area contributed by atoms with Crippen molar-refractivity contribution >= 4 is 40.7 Å². The molecule has 1 saturated heterocycles. The first-order valence-electron chi connectivity index (χ1n) is 8.16. The van der Waals surface area contributed by atoms with Crippen molar-refractivity contribution in [1.29, 1.82) is 0 Å². The number of carbonyl (C=O) groups excluding carboxylic acids is 2. The topological polar surface area (TPSA) is 49.4 Å². The Kier molecular flexibility index (Phi) is 4.33. The number of likely N-dealkylation sites (tertiary alicyclic amines) is 1. The van der Waals surface area contributed by atoms with Crippen molar-refractivity contribution in [2.45, 2.75) is 46.1 Å². The molecule has 2 unspecified atom stereocenters. The number of nitrogens with one attached hydrogen (secondary N) is 1. The summed E-state index contributed by atoms with van der Waals surface area (Å²) < 4.78 is 0. The van der Waals surface area contributed by atoms with E-state index < -0.39 is 11.8 Å². The van der Waals surface area contributed by atoms with Crippen LogP contribution >= 0.6 is 23.2 Å². The molecule has 0 radical (unpaired) electrons. The Hall–Kier alpha value is -1.26. The number of rotatable bonds is 1. The zero-order valence-electron chi connectivity index (χ0n) is 14.2. The molecule has 4 nitrogen and oxygen atoms in total. The first kappa shape index (κ1) is 17.6. The molecule has 1 heterocycles. The first-order valence-corrected chi connectivity index (χ1v) is 8.91. The third kappa shape index (κ3) is 3.40. The number of hydrogen-bond donors (Lipinski definition) is 1. The van der Waals surface area contributed by atoms with E-state index in [2.05, 4.69) is 26.1 Å². The number of hydrogen-bond acceptors (Lipinski definition) is 2. The number of benzene rings is 1. The molecule has 1 saturated carbocycles. The number of carbonyl (C=O) groups is 2. The number of fused-ring (bicyclic) bond motifs is 2. The highest BCUT2D eigenvalue weighted by Gasteiger charge is 2.51. The minimum absolute atomic E-state index is 0.0975. The summed E-state index contributed by atoms with van der Waals surface area (Å²) in [6, 6.07) is 4.90. The summed E-state index contributed by atoms with van der Waals surface area (Å²) in [7, 11) is 0. The molecular weight excluding hydrogens is 347 g/mol. The van der Waals surface area contributed by atoms with Gasteiger partial charge in [-0.05, 0) is 48.3 Å². The molecule has 2 bridgehead atoms. The van der Waals surface area contributed by atoms with Gasteiger partial charge in [-0.25, -0.2) is 0 Å². The minimum atomic E-state index is -0.645. The van der Waals surface area contributed by atoms with E-state index in [4.69, 9.17) is 23.2 Å². The zero-order chi connectivity index (χ0) is 17.7. The van der Waals surface area contributed by atoms with E-state index in [1.54, 1.807) is 17.0 Å². The lowest BCUT2D eigenvalue weighted by Crippen LogP contribution is -2.43. The maximum absolute atomic E-state index is 12.7. The Morgan fingerprint density at radius 2 is 1.92 bits per heavy atom. The van der Waals surface area contributed by atoms with Gasteiger partial charge in [-0.3, -0.25) is 9.59 Å². The summed E-state index contributed by atoms with van der Waals surface area (Å²) in [5.74, 6) is -1.12. The molecule has 0 spiro atoms. The zero-order valence-corrected chi connectivity index (χ0v) is 15.7. The van der Waals surface area contributed by atoms with Crippen LogP contribution in [0.1, 0.15) is 40.0 Å². The summed E-state index contributed by atoms with van der Waals surface area (Å²) in [5.41, 5.74) is 0.691. The van der Waals surface area contributed by atoms with Crippen molar-refractivity contribution in [3.8, 4) is 0 Å². The number of anilines is 1. The van der Waals surface area contributed by atoms with E-state index >= 15 is 0 Å². The summed E-state index contributed by atoms with van der Waals surface area (Å²) >= 11 is 11.9. The standard InChI is InChI=1S/C18H22Cl2N2O2/c1-17(2)7-12-8-18(3,9-17)10-22(12)16(24)15(23)21-14-5-4-11(19)6-13(14)20/h4-6,12H,7-10H2,1-3H3,(H,21,23). The van der Waals surface area contributed by atoms with E-state index in [1.165, 1.54) is 6.07 Å². The predicted molar refractivity (Wildman–Crippen MR) is 96.3 cm³/mol. The summed E-state index contributed by atoms with van der Waals surface area (Å²) in [4.78, 5) is 26.8. The molecule has 3 rings (SSSR count). The lowest BCUT2D eigenvalue weighted by molar-refractivity contribution is -0.144. The molecule has 1 N–H and O–H groups in total. The molecule has 2 atom stereocenters. The fraction of sp³-hybridized carbons (Fsp3) is 0.556. The first-order chi connectivity index (χ1) is 11.1. The fourth-order valence-corrected chi connectivity index (χ4v) is 5.05. The van der Waals surface area contributed by atoms with Crippen LogP contribution in [-0.4, -0.2) is 29.3 Å². The van der Waals surface area contributed by atoms with Crippen LogP contribution in [0, 0.1) is 10.8 Å². The van der Waals surface area contributed by atoms with Crippen molar-refractivity contribution < 1.29 is 9.59 Å². The van der Waals surface area contributed by atoms with Gasteiger partial charge < -0.3 is 10.2 Å². The molecule has 1 aliphatic heterocycles. The van der Waals surface area contributed by atoms with E-state index in [1.807, 2.05) is 0 Å². The molecule has 6 heteroatoms. The smallest absolute Gasteiger partial charge is 0.313 e. The van der Waals surface area contributed by atoms with Crippen LogP contribution in [0.15, 0.2) is 18.2 Å². The summed E-state index contributed by atoms with van der Waals surface area (Å²) in [6.07, 6.45) is 2.98. The highest BCUT2D eigenvalue weighted by Crippen LogP contribution is 2.52. The van der Waals surface area contributed by atoms with Gasteiger partial charge in [0.25, 0.3) is 0 Å². The SMILES string of the molecule is CC1(C)CC2CC(C)(CN2C(=O)C(=O)Nc2ccc(Cl)cc2Cl)C1. The second-order valence-electron chi connectivity index (χ2n) is 8.23. The third-order valence-electron chi connectivity index (χ3n) is 5.05. The minimum Gasteiger partial charge on any atom is -0.331 e. The van der Waals surface area contributed by atoms with Gasteiger partial charge >= 0.3 is 11.8 Å². The van der Waals surface area contributed by atoms with Gasteiger partial charge in [0.2, 0.25) is 0 Å². The van der Waals surface area contributed by atoms with E-state index in [0.717, 1.165) is 19.3 Å². The quantitative estimate of drug-likeness (QED) is 0.748. The second-order valence-corrected chi connectivity index (χ2v) is 9.07. The lowest BCUT2D eigenvalue weighted by atomic mass is 9.65. The molecule has 1 aromatic carbocycles. The molecule has 0 aromatic heterocycles. The van der Waals surface area contributed by atoms with Crippen LogP contribution < -0.4 is 5.32 Å². The Labute approximate surface area is 152 Å². The maximum atomic E-state index is 12.7. The Balaban J connectivity index is 1.74. The largest absolute Gasteiger partial charge is 0.331 e. The van der Waals surface area contributed by atoms with Gasteiger partial charge in [-0.1, -0.05) is 44.0 Å². The van der Waals surface area contributed by atoms with Crippen molar-refractivity contribution in [3.63, 3.8) is 0 Å². The number of nitrogens with zero attached hydrogens (tertiary/aromatic N) is 1. The van der Waals surface area contributed by atoms with Crippen LogP contribution in [0.25, 0.3) is 0 Å². The Bertz CT molecular complexity index is 704. The highest BCUT2D eigenvalue weighted by molar-refractivity contribution is 6.42. The third-order valence-corrected chi connectivity index (χ3v) is 5.60. The predicted octanol–water partition coefficient (Wildman–Crippen LogP) is 4.36. The average molecular weight is 369 g/mol. The van der Waals surface area contributed by atoms with Crippen LogP contribution in [0.5, 0.6) is 0 Å². The maximum Gasteiger partial charge on any atom is 0.313 e. The fourth-order valence-electron chi connectivity index (χ4n) is 4.59. The summed E-state index contributed by atoms with van der Waals surface area (Å²) in [6.45, 7) is 7.32. The molecular formula is C18H22Cl2N2O2. The average Bonchev–Trinajstić information content (AvgIpc) is 2.70. The number of halogens is 2. The Morgan fingerprint density at radius 1 is 1.21 bits per heavy atom. The van der Waals surface area contributed by atoms with Crippen molar-refractivity contribution in [3.05, 3.63) is 28.2 Å². The molecule has 2 fully saturated rings. The molecule has 1 aromatic rings. The molecule has 24 heavy (non-hydrogen) atoms. The van der Waals surface area contributed by atoms with Gasteiger partial charge in [0, 0.05) is 17.6 Å². The van der Waals surface area contributed by atoms with Gasteiger partial charge in [0.15, 0.2) is 0 Å². The van der Waals surface area contributed by atoms with Crippen molar-refractivity contribution in [2.75, 3.05) is 11.9 Å². The molecule has 1 aliphatic carbocycles. The van der Waals surface area contributed by atoms with Crippen LogP contribution in [0.4, 0.5) is 5.69 Å². The molecule has 130 valence electrons. The van der Waals surface area contributed by atoms with E-state index in [9.17, 15) is 9.59 Å². The molecule has 2 aliphatic rings. The van der Waals surface area contributed by atoms with Crippen LogP contribution in [-0.2, 0) is 9.59 Å². The van der Waals surface area contributed by atoms with Gasteiger partial charge in [-0.15, -0.1) is 0 Å². The van der Waals surface area contributed by atoms with Gasteiger partial charge in [0.1, 0.15) is 0 Å². The van der Waals surface area contributed by atoms with Crippen LogP contribution in [0.2, 0.25) is 10.0 Å². The van der Waals surface area contributed by atoms with E-state index in [-0.39, 0.29) is 16.9 Å². The highest BCUT2D eigenvalue weighted by atomic mass is 35.5. The second kappa shape index (κ2) is 5.92. The monoisotopic (exact) mass is 368 g/mol. The van der Waals surface area contributed by atoms with Gasteiger partial charge in [0.05, 0.1) is 10.7 Å². The lowest BCUT2D eigenvalue weighted by Gasteiger charge is -2.39. The Morgan fingerprint density at radius 3 is 2.58 bits per heavy atom. The normalized spacial score (nSPS) is 27.9. The molecule has 2 amide bonds. The van der Waals surface area contributed by atoms with Crippen molar-refractivity contribution in [1.82, 2.24) is 4.90 Å². The van der Waals surface area contributed by atoms with Crippen LogP contribution in [0.3, 0.4) is 0 Å². The van der Waals surface area contributed by atoms with Gasteiger partial charge in [-0.2, -0.15) is 0 Å². The summed E-state index contributed by atoms with van der Waals surface area (Å²) in [5, 5.41) is 3.40. The number of amides is 2. The van der Waals surface area contributed by atoms with E-state index in [0.29, 0.717) is 22.3 Å². The van der Waals surface area contributed by atoms with Crippen molar-refractivity contribution in [2.24, 2.45) is 10.8 Å².